The van der Waals surface area contributed by atoms with Crippen LogP contribution in [0.4, 0.5) is 11.5 Å². The number of nitrogen functional groups attached to an aromatic ring is 1. The normalized spacial score (nSPS) is 18.9. The van der Waals surface area contributed by atoms with E-state index in [9.17, 15) is 0 Å². The number of nitrogens with two attached hydrogens (primary N) is 1. The van der Waals surface area contributed by atoms with Crippen LogP contribution in [0.25, 0.3) is 0 Å². The second-order valence-electron chi connectivity index (χ2n) is 4.33. The van der Waals surface area contributed by atoms with Gasteiger partial charge in [-0.05, 0) is 37.3 Å². The van der Waals surface area contributed by atoms with E-state index in [2.05, 4.69) is 22.2 Å². The van der Waals surface area contributed by atoms with E-state index in [1.807, 2.05) is 0 Å². The molecule has 17 heavy (non-hydrogen) atoms. The molecule has 94 valence electrons. The molecule has 2 heterocycles. The molecule has 3 N–H and O–H groups in total. The Morgan fingerprint density at radius 2 is 2.24 bits per heavy atom. The zero-order chi connectivity index (χ0) is 12.3. The van der Waals surface area contributed by atoms with Crippen LogP contribution < -0.4 is 11.1 Å². The van der Waals surface area contributed by atoms with Crippen molar-refractivity contribution in [3.8, 4) is 0 Å². The third-order valence-electron chi connectivity index (χ3n) is 3.13. The first-order valence-corrected chi connectivity index (χ1v) is 6.17. The number of aromatic nitrogens is 2. The molecule has 0 aliphatic carbocycles. The minimum atomic E-state index is 0.209. The van der Waals surface area contributed by atoms with Gasteiger partial charge in [-0.1, -0.05) is 0 Å². The van der Waals surface area contributed by atoms with Gasteiger partial charge >= 0.3 is 0 Å². The smallest absolute Gasteiger partial charge is 0.224 e. The number of ether oxygens (including phenoxy) is 1. The minimum Gasteiger partial charge on any atom is -0.394 e. The lowest BCUT2D eigenvalue weighted by atomic mass is 9.93. The maximum atomic E-state index is 5.80. The van der Waals surface area contributed by atoms with Crippen molar-refractivity contribution in [3.63, 3.8) is 0 Å². The van der Waals surface area contributed by atoms with E-state index in [0.717, 1.165) is 26.1 Å². The summed E-state index contributed by atoms with van der Waals surface area (Å²) in [6.07, 6.45) is 3.65. The number of hydrogen-bond acceptors (Lipinski definition) is 5. The van der Waals surface area contributed by atoms with E-state index >= 15 is 0 Å². The SMILES string of the molecule is CC(Nc1nc(Cl)ncc1N)C1CCOCC1. The number of anilines is 2. The Morgan fingerprint density at radius 1 is 1.53 bits per heavy atom. The first-order chi connectivity index (χ1) is 8.16. The lowest BCUT2D eigenvalue weighted by Crippen LogP contribution is -2.31. The van der Waals surface area contributed by atoms with Crippen molar-refractivity contribution in [2.24, 2.45) is 5.92 Å². The number of halogens is 1. The average Bonchev–Trinajstić information content (AvgIpc) is 2.35. The Labute approximate surface area is 106 Å². The Kier molecular flexibility index (Phi) is 4.02. The van der Waals surface area contributed by atoms with Gasteiger partial charge in [0, 0.05) is 19.3 Å². The molecule has 0 saturated carbocycles. The van der Waals surface area contributed by atoms with Crippen LogP contribution in [0.15, 0.2) is 6.20 Å². The molecule has 1 unspecified atom stereocenters. The van der Waals surface area contributed by atoms with Crippen molar-refractivity contribution >= 4 is 23.1 Å². The van der Waals surface area contributed by atoms with Crippen LogP contribution in [0.5, 0.6) is 0 Å². The summed E-state index contributed by atoms with van der Waals surface area (Å²) in [5.41, 5.74) is 6.32. The van der Waals surface area contributed by atoms with E-state index in [0.29, 0.717) is 23.5 Å². The lowest BCUT2D eigenvalue weighted by molar-refractivity contribution is 0.0622. The Bertz CT molecular complexity index is 382. The third-order valence-corrected chi connectivity index (χ3v) is 3.31. The molecule has 0 bridgehead atoms. The highest BCUT2D eigenvalue weighted by molar-refractivity contribution is 6.28. The summed E-state index contributed by atoms with van der Waals surface area (Å²) in [6.45, 7) is 3.79. The van der Waals surface area contributed by atoms with E-state index in [-0.39, 0.29) is 5.28 Å². The second kappa shape index (κ2) is 5.51. The second-order valence-corrected chi connectivity index (χ2v) is 4.66. The van der Waals surface area contributed by atoms with Crippen molar-refractivity contribution in [2.75, 3.05) is 24.3 Å². The molecule has 1 aromatic rings. The highest BCUT2D eigenvalue weighted by atomic mass is 35.5. The van der Waals surface area contributed by atoms with Crippen LogP contribution in [0.2, 0.25) is 5.28 Å². The molecule has 1 aliphatic rings. The molecule has 1 atom stereocenters. The van der Waals surface area contributed by atoms with Crippen molar-refractivity contribution < 1.29 is 4.74 Å². The van der Waals surface area contributed by atoms with Crippen LogP contribution in [-0.2, 0) is 4.74 Å². The number of nitrogens with zero attached hydrogens (tertiary/aromatic N) is 2. The summed E-state index contributed by atoms with van der Waals surface area (Å²) in [5, 5.41) is 3.51. The van der Waals surface area contributed by atoms with Gasteiger partial charge in [-0.3, -0.25) is 0 Å². The molecule has 0 aromatic carbocycles. The van der Waals surface area contributed by atoms with Gasteiger partial charge in [0.1, 0.15) is 0 Å². The first kappa shape index (κ1) is 12.4. The fourth-order valence-electron chi connectivity index (χ4n) is 2.03. The van der Waals surface area contributed by atoms with Gasteiger partial charge in [0.2, 0.25) is 5.28 Å². The summed E-state index contributed by atoms with van der Waals surface area (Å²) in [6, 6.07) is 0.298. The number of rotatable bonds is 3. The molecular formula is C11H17ClN4O. The van der Waals surface area contributed by atoms with E-state index in [4.69, 9.17) is 22.1 Å². The zero-order valence-corrected chi connectivity index (χ0v) is 10.6. The van der Waals surface area contributed by atoms with E-state index in [1.54, 1.807) is 0 Å². The number of hydrogen-bond donors (Lipinski definition) is 2. The van der Waals surface area contributed by atoms with Gasteiger partial charge in [0.05, 0.1) is 11.9 Å². The maximum absolute atomic E-state index is 5.80. The summed E-state index contributed by atoms with van der Waals surface area (Å²) in [7, 11) is 0. The van der Waals surface area contributed by atoms with Gasteiger partial charge in [-0.2, -0.15) is 4.98 Å². The van der Waals surface area contributed by atoms with Crippen LogP contribution in [0.1, 0.15) is 19.8 Å². The van der Waals surface area contributed by atoms with E-state index in [1.165, 1.54) is 6.20 Å². The Morgan fingerprint density at radius 3 is 2.94 bits per heavy atom. The van der Waals surface area contributed by atoms with Gasteiger partial charge in [0.25, 0.3) is 0 Å². The molecule has 0 radical (unpaired) electrons. The average molecular weight is 257 g/mol. The van der Waals surface area contributed by atoms with Gasteiger partial charge in [-0.15, -0.1) is 0 Å². The molecule has 5 nitrogen and oxygen atoms in total. The fourth-order valence-corrected chi connectivity index (χ4v) is 2.17. The van der Waals surface area contributed by atoms with Crippen molar-refractivity contribution in [3.05, 3.63) is 11.5 Å². The fraction of sp³-hybridized carbons (Fsp3) is 0.636. The summed E-state index contributed by atoms with van der Waals surface area (Å²) < 4.78 is 5.34. The zero-order valence-electron chi connectivity index (χ0n) is 9.82. The monoisotopic (exact) mass is 256 g/mol. The van der Waals surface area contributed by atoms with Crippen molar-refractivity contribution in [2.45, 2.75) is 25.8 Å². The predicted molar refractivity (Wildman–Crippen MR) is 68.1 cm³/mol. The van der Waals surface area contributed by atoms with Crippen LogP contribution in [0, 0.1) is 5.92 Å². The Balaban J connectivity index is 2.01. The molecule has 1 saturated heterocycles. The summed E-state index contributed by atoms with van der Waals surface area (Å²) in [5.74, 6) is 1.20. The molecule has 0 spiro atoms. The minimum absolute atomic E-state index is 0.209. The molecular weight excluding hydrogens is 240 g/mol. The van der Waals surface area contributed by atoms with Crippen LogP contribution in [-0.4, -0.2) is 29.2 Å². The largest absolute Gasteiger partial charge is 0.394 e. The highest BCUT2D eigenvalue weighted by Gasteiger charge is 2.21. The standard InChI is InChI=1S/C11H17ClN4O/c1-7(8-2-4-17-5-3-8)15-10-9(13)6-14-11(12)16-10/h6-8H,2-5,13H2,1H3,(H,14,15,16). The first-order valence-electron chi connectivity index (χ1n) is 5.79. The van der Waals surface area contributed by atoms with Gasteiger partial charge in [0.15, 0.2) is 5.82 Å². The quantitative estimate of drug-likeness (QED) is 0.809. The highest BCUT2D eigenvalue weighted by Crippen LogP contribution is 2.23. The Hall–Kier alpha value is -1.07. The van der Waals surface area contributed by atoms with Crippen molar-refractivity contribution in [1.82, 2.24) is 9.97 Å². The molecule has 1 aliphatic heterocycles. The number of nitrogens with one attached hydrogen (secondary N) is 1. The summed E-state index contributed by atoms with van der Waals surface area (Å²) >= 11 is 5.75. The topological polar surface area (TPSA) is 73.1 Å². The maximum Gasteiger partial charge on any atom is 0.224 e. The lowest BCUT2D eigenvalue weighted by Gasteiger charge is -2.28. The molecule has 0 amide bonds. The predicted octanol–water partition coefficient (Wildman–Crippen LogP) is 1.94. The molecule has 1 aromatic heterocycles. The molecule has 1 fully saturated rings. The van der Waals surface area contributed by atoms with Gasteiger partial charge < -0.3 is 15.8 Å². The van der Waals surface area contributed by atoms with Crippen LogP contribution >= 0.6 is 11.6 Å². The third kappa shape index (κ3) is 3.20. The van der Waals surface area contributed by atoms with Crippen LogP contribution in [0.3, 0.4) is 0 Å². The van der Waals surface area contributed by atoms with Crippen molar-refractivity contribution in [1.29, 1.82) is 0 Å². The molecule has 6 heteroatoms. The summed E-state index contributed by atoms with van der Waals surface area (Å²) in [4.78, 5) is 7.92. The van der Waals surface area contributed by atoms with Gasteiger partial charge in [-0.25, -0.2) is 4.98 Å². The van der Waals surface area contributed by atoms with E-state index < -0.39 is 0 Å². The molecule has 2 rings (SSSR count).